The second kappa shape index (κ2) is 6.95. The molecule has 6 nitrogen and oxygen atoms in total. The van der Waals surface area contributed by atoms with Crippen molar-refractivity contribution in [3.05, 3.63) is 12.8 Å². The van der Waals surface area contributed by atoms with Gasteiger partial charge in [-0.05, 0) is 25.7 Å². The van der Waals surface area contributed by atoms with Gasteiger partial charge in [-0.1, -0.05) is 6.58 Å². The van der Waals surface area contributed by atoms with Crippen molar-refractivity contribution in [2.24, 2.45) is 0 Å². The Morgan fingerprint density at radius 3 is 2.47 bits per heavy atom. The lowest BCUT2D eigenvalue weighted by atomic mass is 9.94. The van der Waals surface area contributed by atoms with Crippen molar-refractivity contribution in [3.8, 4) is 0 Å². The predicted octanol–water partition coefficient (Wildman–Crippen LogP) is 0.867. The SMILES string of the molecule is C=COCCOC1CCC(NS(=O)(=O)O)CC1. The largest absolute Gasteiger partial charge is 0.499 e. The Morgan fingerprint density at radius 2 is 1.94 bits per heavy atom. The van der Waals surface area contributed by atoms with Crippen molar-refractivity contribution < 1.29 is 22.4 Å². The molecule has 0 aromatic rings. The molecule has 1 saturated carbocycles. The molecule has 100 valence electrons. The van der Waals surface area contributed by atoms with Crippen molar-refractivity contribution in [1.29, 1.82) is 0 Å². The summed E-state index contributed by atoms with van der Waals surface area (Å²) in [6, 6.07) is -0.186. The van der Waals surface area contributed by atoms with Crippen LogP contribution in [0, 0.1) is 0 Å². The fourth-order valence-corrected chi connectivity index (χ4v) is 2.56. The molecule has 0 aromatic heterocycles. The van der Waals surface area contributed by atoms with Gasteiger partial charge in [0.1, 0.15) is 6.61 Å². The summed E-state index contributed by atoms with van der Waals surface area (Å²) in [6.45, 7) is 4.41. The number of rotatable bonds is 7. The first-order valence-corrected chi connectivity index (χ1v) is 7.04. The minimum atomic E-state index is -4.09. The van der Waals surface area contributed by atoms with Gasteiger partial charge in [-0.25, -0.2) is 0 Å². The molecule has 0 amide bonds. The monoisotopic (exact) mass is 265 g/mol. The number of hydrogen-bond donors (Lipinski definition) is 2. The molecule has 17 heavy (non-hydrogen) atoms. The molecule has 0 spiro atoms. The second-order valence-corrected chi connectivity index (χ2v) is 5.16. The van der Waals surface area contributed by atoms with E-state index >= 15 is 0 Å². The van der Waals surface area contributed by atoms with Crippen LogP contribution in [-0.2, 0) is 19.8 Å². The van der Waals surface area contributed by atoms with Gasteiger partial charge in [-0.2, -0.15) is 13.1 Å². The Balaban J connectivity index is 2.15. The van der Waals surface area contributed by atoms with E-state index in [4.69, 9.17) is 14.0 Å². The highest BCUT2D eigenvalue weighted by atomic mass is 32.2. The van der Waals surface area contributed by atoms with E-state index in [9.17, 15) is 8.42 Å². The van der Waals surface area contributed by atoms with Crippen LogP contribution in [0.25, 0.3) is 0 Å². The van der Waals surface area contributed by atoms with E-state index in [0.717, 1.165) is 12.8 Å². The Hall–Kier alpha value is -0.630. The van der Waals surface area contributed by atoms with Gasteiger partial charge in [0.05, 0.1) is 19.0 Å². The van der Waals surface area contributed by atoms with E-state index in [1.165, 1.54) is 6.26 Å². The normalized spacial score (nSPS) is 25.5. The molecule has 0 unspecified atom stereocenters. The first kappa shape index (κ1) is 14.4. The average molecular weight is 265 g/mol. The van der Waals surface area contributed by atoms with Crippen molar-refractivity contribution in [3.63, 3.8) is 0 Å². The van der Waals surface area contributed by atoms with Crippen LogP contribution in [0.4, 0.5) is 0 Å². The summed E-state index contributed by atoms with van der Waals surface area (Å²) >= 11 is 0. The summed E-state index contributed by atoms with van der Waals surface area (Å²) in [7, 11) is -4.09. The molecule has 1 aliphatic carbocycles. The maximum atomic E-state index is 10.6. The van der Waals surface area contributed by atoms with Gasteiger partial charge in [-0.3, -0.25) is 4.55 Å². The summed E-state index contributed by atoms with van der Waals surface area (Å²) in [6.07, 6.45) is 4.42. The van der Waals surface area contributed by atoms with Crippen LogP contribution in [0.2, 0.25) is 0 Å². The van der Waals surface area contributed by atoms with Crippen molar-refractivity contribution in [2.75, 3.05) is 13.2 Å². The highest BCUT2D eigenvalue weighted by Gasteiger charge is 2.24. The molecule has 7 heteroatoms. The molecule has 1 aliphatic rings. The predicted molar refractivity (Wildman–Crippen MR) is 62.8 cm³/mol. The van der Waals surface area contributed by atoms with Gasteiger partial charge in [0.15, 0.2) is 0 Å². The van der Waals surface area contributed by atoms with Crippen molar-refractivity contribution >= 4 is 10.3 Å². The fraction of sp³-hybridized carbons (Fsp3) is 0.800. The van der Waals surface area contributed by atoms with E-state index in [0.29, 0.717) is 26.1 Å². The quantitative estimate of drug-likeness (QED) is 0.405. The minimum absolute atomic E-state index is 0.142. The molecule has 0 saturated heterocycles. The van der Waals surface area contributed by atoms with E-state index in [1.807, 2.05) is 0 Å². The highest BCUT2D eigenvalue weighted by Crippen LogP contribution is 2.21. The van der Waals surface area contributed by atoms with Crippen molar-refractivity contribution in [1.82, 2.24) is 4.72 Å². The lowest BCUT2D eigenvalue weighted by Crippen LogP contribution is -2.38. The van der Waals surface area contributed by atoms with E-state index < -0.39 is 10.3 Å². The van der Waals surface area contributed by atoms with Gasteiger partial charge in [-0.15, -0.1) is 0 Å². The summed E-state index contributed by atoms with van der Waals surface area (Å²) in [5, 5.41) is 0. The lowest BCUT2D eigenvalue weighted by Gasteiger charge is -2.28. The zero-order valence-corrected chi connectivity index (χ0v) is 10.5. The third-order valence-corrected chi connectivity index (χ3v) is 3.29. The number of hydrogen-bond acceptors (Lipinski definition) is 4. The highest BCUT2D eigenvalue weighted by molar-refractivity contribution is 7.83. The molecule has 0 aliphatic heterocycles. The lowest BCUT2D eigenvalue weighted by molar-refractivity contribution is 0.00272. The van der Waals surface area contributed by atoms with E-state index in [2.05, 4.69) is 11.3 Å². The second-order valence-electron chi connectivity index (χ2n) is 3.97. The zero-order chi connectivity index (χ0) is 12.7. The third-order valence-electron chi connectivity index (χ3n) is 2.66. The number of nitrogens with one attached hydrogen (secondary N) is 1. The fourth-order valence-electron chi connectivity index (χ4n) is 1.90. The first-order valence-electron chi connectivity index (χ1n) is 5.60. The van der Waals surface area contributed by atoms with E-state index in [-0.39, 0.29) is 12.1 Å². The first-order chi connectivity index (χ1) is 8.01. The Labute approximate surface area is 102 Å². The smallest absolute Gasteiger partial charge is 0.333 e. The molecule has 2 N–H and O–H groups in total. The van der Waals surface area contributed by atoms with Crippen LogP contribution in [0.15, 0.2) is 12.8 Å². The van der Waals surface area contributed by atoms with Gasteiger partial charge in [0.2, 0.25) is 0 Å². The Bertz CT molecular complexity index is 322. The molecule has 0 radical (unpaired) electrons. The average Bonchev–Trinajstić information content (AvgIpc) is 2.25. The van der Waals surface area contributed by atoms with Gasteiger partial charge in [0.25, 0.3) is 0 Å². The van der Waals surface area contributed by atoms with Crippen molar-refractivity contribution in [2.45, 2.75) is 37.8 Å². The summed E-state index contributed by atoms with van der Waals surface area (Å²) in [5.74, 6) is 0. The van der Waals surface area contributed by atoms with Gasteiger partial charge in [0, 0.05) is 6.04 Å². The summed E-state index contributed by atoms with van der Waals surface area (Å²) in [4.78, 5) is 0. The maximum absolute atomic E-state index is 10.6. The van der Waals surface area contributed by atoms with Crippen LogP contribution in [0.3, 0.4) is 0 Å². The molecular formula is C10H19NO5S. The minimum Gasteiger partial charge on any atom is -0.499 e. The Morgan fingerprint density at radius 1 is 1.29 bits per heavy atom. The molecule has 0 atom stereocenters. The van der Waals surface area contributed by atoms with Crippen LogP contribution < -0.4 is 4.72 Å². The zero-order valence-electron chi connectivity index (χ0n) is 9.67. The van der Waals surface area contributed by atoms with Crippen LogP contribution in [0.5, 0.6) is 0 Å². The van der Waals surface area contributed by atoms with Gasteiger partial charge >= 0.3 is 10.3 Å². The third kappa shape index (κ3) is 6.62. The molecule has 0 bridgehead atoms. The summed E-state index contributed by atoms with van der Waals surface area (Å²) in [5.41, 5.74) is 0. The van der Waals surface area contributed by atoms with E-state index in [1.54, 1.807) is 0 Å². The molecular weight excluding hydrogens is 246 g/mol. The van der Waals surface area contributed by atoms with Crippen LogP contribution in [0.1, 0.15) is 25.7 Å². The van der Waals surface area contributed by atoms with Crippen LogP contribution in [-0.4, -0.2) is 38.3 Å². The number of ether oxygens (including phenoxy) is 2. The molecule has 1 fully saturated rings. The maximum Gasteiger partial charge on any atom is 0.333 e. The van der Waals surface area contributed by atoms with Crippen LogP contribution >= 0.6 is 0 Å². The summed E-state index contributed by atoms with van der Waals surface area (Å²) < 4.78 is 42.5. The molecule has 0 heterocycles. The molecule has 1 rings (SSSR count). The molecule has 0 aromatic carbocycles. The van der Waals surface area contributed by atoms with Gasteiger partial charge < -0.3 is 9.47 Å². The topological polar surface area (TPSA) is 84.9 Å². The standard InChI is InChI=1S/C10H19NO5S/c1-2-15-7-8-16-10-5-3-9(4-6-10)11-17(12,13)14/h2,9-11H,1,3-8H2,(H,12,13,14). The Kier molecular flexibility index (Phi) is 5.90.